The average Bonchev–Trinajstić information content (AvgIpc) is 1.85. The Labute approximate surface area is 88.6 Å². The normalized spacial score (nSPS) is 10.6. The van der Waals surface area contributed by atoms with E-state index in [0.717, 1.165) is 0 Å². The van der Waals surface area contributed by atoms with Crippen LogP contribution in [-0.2, 0) is 6.04 Å². The minimum atomic E-state index is -0.898. The number of hydrogen-bond donors (Lipinski definition) is 0. The van der Waals surface area contributed by atoms with E-state index >= 15 is 0 Å². The molecule has 0 amide bonds. The van der Waals surface area contributed by atoms with Crippen LogP contribution in [0.5, 0.6) is 0 Å². The summed E-state index contributed by atoms with van der Waals surface area (Å²) in [5, 5.41) is 0. The first-order chi connectivity index (χ1) is 5.08. The number of hydrogen-bond acceptors (Lipinski definition) is 0. The Hall–Kier alpha value is 0.0343. The number of benzene rings is 1. The summed E-state index contributed by atoms with van der Waals surface area (Å²) in [5.74, 6) is 0. The molecular weight excluding hydrogens is 155 g/mol. The Morgan fingerprint density at radius 2 is 1.50 bits per heavy atom. The average molecular weight is 171 g/mol. The van der Waals surface area contributed by atoms with Gasteiger partial charge in [-0.15, -0.1) is 14.1 Å². The van der Waals surface area contributed by atoms with Crippen LogP contribution in [0.4, 0.5) is 0 Å². The van der Waals surface area contributed by atoms with Crippen molar-refractivity contribution >= 4 is 8.07 Å². The Kier molecular flexibility index (Phi) is 4.93. The van der Waals surface area contributed by atoms with Gasteiger partial charge in [0.05, 0.1) is 0 Å². The second-order valence-corrected chi connectivity index (χ2v) is 9.70. The van der Waals surface area contributed by atoms with E-state index in [4.69, 9.17) is 0 Å². The molecule has 2 heteroatoms. The SMILES string of the molecule is C[Si-](C)(C)Cc1ccccc1.[Li+]. The Morgan fingerprint density at radius 1 is 1.00 bits per heavy atom. The summed E-state index contributed by atoms with van der Waals surface area (Å²) >= 11 is 0. The molecule has 1 aromatic rings. The van der Waals surface area contributed by atoms with Crippen LogP contribution in [0, 0.1) is 0 Å². The molecule has 0 aromatic heterocycles. The van der Waals surface area contributed by atoms with Crippen LogP contribution in [0.15, 0.2) is 30.3 Å². The molecule has 0 heterocycles. The molecule has 0 atom stereocenters. The van der Waals surface area contributed by atoms with Crippen molar-refractivity contribution in [2.75, 3.05) is 0 Å². The first-order valence-corrected chi connectivity index (χ1v) is 7.82. The molecule has 0 fully saturated rings. The second kappa shape index (κ2) is 4.92. The van der Waals surface area contributed by atoms with Gasteiger partial charge in [-0.3, -0.25) is 0 Å². The molecule has 0 bridgehead atoms. The summed E-state index contributed by atoms with van der Waals surface area (Å²) in [5.41, 5.74) is 1.49. The fourth-order valence-corrected chi connectivity index (χ4v) is 2.67. The van der Waals surface area contributed by atoms with Crippen molar-refractivity contribution in [1.82, 2.24) is 0 Å². The van der Waals surface area contributed by atoms with E-state index in [0.29, 0.717) is 0 Å². The molecule has 0 aliphatic heterocycles. The van der Waals surface area contributed by atoms with Gasteiger partial charge in [0.2, 0.25) is 0 Å². The van der Waals surface area contributed by atoms with Crippen LogP contribution in [0.3, 0.4) is 0 Å². The smallest absolute Gasteiger partial charge is 0.169 e. The molecule has 0 aliphatic rings. The fourth-order valence-electron chi connectivity index (χ4n) is 1.21. The van der Waals surface area contributed by atoms with E-state index in [1.807, 2.05) is 0 Å². The topological polar surface area (TPSA) is 0 Å². The molecule has 0 saturated carbocycles. The molecular formula is C10H16LiSi. The Bertz CT molecular complexity index is 213. The third kappa shape index (κ3) is 4.82. The van der Waals surface area contributed by atoms with Crippen LogP contribution in [0.1, 0.15) is 5.56 Å². The standard InChI is InChI=1S/C10H16Si.Li/c1-11(2,3)9-10-7-5-4-6-8-10;/h4-8H,9H2,1-3H3;/q-1;+1. The van der Waals surface area contributed by atoms with Gasteiger partial charge in [-0.1, -0.05) is 35.9 Å². The van der Waals surface area contributed by atoms with Gasteiger partial charge in [-0.2, -0.15) is 19.6 Å². The van der Waals surface area contributed by atoms with Gasteiger partial charge in [0.1, 0.15) is 0 Å². The van der Waals surface area contributed by atoms with Crippen molar-refractivity contribution < 1.29 is 18.9 Å². The van der Waals surface area contributed by atoms with Gasteiger partial charge in [0, 0.05) is 0 Å². The van der Waals surface area contributed by atoms with Crippen LogP contribution in [0.2, 0.25) is 19.6 Å². The van der Waals surface area contributed by atoms with Crippen molar-refractivity contribution in [3.8, 4) is 0 Å². The van der Waals surface area contributed by atoms with E-state index in [-0.39, 0.29) is 18.9 Å². The zero-order valence-corrected chi connectivity index (χ0v) is 9.59. The van der Waals surface area contributed by atoms with Gasteiger partial charge in [-0.05, 0) is 0 Å². The molecule has 0 saturated heterocycles. The third-order valence-corrected chi connectivity index (χ3v) is 3.05. The molecule has 0 N–H and O–H groups in total. The second-order valence-electron chi connectivity index (χ2n) is 4.22. The van der Waals surface area contributed by atoms with Gasteiger partial charge < -0.3 is 0 Å². The summed E-state index contributed by atoms with van der Waals surface area (Å²) in [6.45, 7) is 7.21. The molecule has 0 radical (unpaired) electrons. The van der Waals surface area contributed by atoms with Gasteiger partial charge in [0.15, 0.2) is 0 Å². The predicted octanol–water partition coefficient (Wildman–Crippen LogP) is 0.111. The predicted molar refractivity (Wildman–Crippen MR) is 53.5 cm³/mol. The Morgan fingerprint density at radius 3 is 1.92 bits per heavy atom. The van der Waals surface area contributed by atoms with Crippen molar-refractivity contribution in [1.29, 1.82) is 0 Å². The first kappa shape index (κ1) is 12.0. The summed E-state index contributed by atoms with van der Waals surface area (Å²) in [4.78, 5) is 0. The van der Waals surface area contributed by atoms with Crippen molar-refractivity contribution in [3.63, 3.8) is 0 Å². The van der Waals surface area contributed by atoms with E-state index in [9.17, 15) is 0 Å². The van der Waals surface area contributed by atoms with Crippen LogP contribution in [0.25, 0.3) is 0 Å². The van der Waals surface area contributed by atoms with E-state index in [1.165, 1.54) is 11.6 Å². The molecule has 0 spiro atoms. The molecule has 0 unspecified atom stereocenters. The Balaban J connectivity index is 0.00000121. The van der Waals surface area contributed by atoms with Crippen molar-refractivity contribution in [2.24, 2.45) is 0 Å². The van der Waals surface area contributed by atoms with E-state index < -0.39 is 8.07 Å². The molecule has 61 valence electrons. The van der Waals surface area contributed by atoms with Gasteiger partial charge in [0.25, 0.3) is 0 Å². The molecule has 1 aromatic carbocycles. The van der Waals surface area contributed by atoms with E-state index in [1.54, 1.807) is 0 Å². The van der Waals surface area contributed by atoms with Crippen LogP contribution >= 0.6 is 0 Å². The summed E-state index contributed by atoms with van der Waals surface area (Å²) in [6, 6.07) is 12.1. The van der Waals surface area contributed by atoms with Gasteiger partial charge in [-0.25, -0.2) is 0 Å². The maximum atomic E-state index is 2.40. The first-order valence-electron chi connectivity index (χ1n) is 4.12. The van der Waals surface area contributed by atoms with Gasteiger partial charge >= 0.3 is 18.9 Å². The summed E-state index contributed by atoms with van der Waals surface area (Å²) < 4.78 is 0. The monoisotopic (exact) mass is 171 g/mol. The molecule has 12 heavy (non-hydrogen) atoms. The maximum Gasteiger partial charge on any atom is 1.00 e. The zero-order chi connectivity index (χ0) is 8.32. The van der Waals surface area contributed by atoms with Crippen LogP contribution < -0.4 is 18.9 Å². The largest absolute Gasteiger partial charge is 1.00 e. The third-order valence-electron chi connectivity index (χ3n) is 1.58. The van der Waals surface area contributed by atoms with E-state index in [2.05, 4.69) is 50.0 Å². The molecule has 0 aliphatic carbocycles. The maximum absolute atomic E-state index is 2.40. The van der Waals surface area contributed by atoms with Crippen molar-refractivity contribution in [2.45, 2.75) is 25.7 Å². The van der Waals surface area contributed by atoms with Crippen LogP contribution in [-0.4, -0.2) is 8.07 Å². The summed E-state index contributed by atoms with van der Waals surface area (Å²) in [6.07, 6.45) is 0. The molecule has 0 nitrogen and oxygen atoms in total. The quantitative estimate of drug-likeness (QED) is 0.554. The zero-order valence-electron chi connectivity index (χ0n) is 8.59. The fraction of sp³-hybridized carbons (Fsp3) is 0.400. The minimum absolute atomic E-state index is 0. The minimum Gasteiger partial charge on any atom is -0.169 e. The van der Waals surface area contributed by atoms with Crippen molar-refractivity contribution in [3.05, 3.63) is 35.9 Å². The molecule has 1 rings (SSSR count). The number of rotatable bonds is 2. The summed E-state index contributed by atoms with van der Waals surface area (Å²) in [7, 11) is -0.898.